The van der Waals surface area contributed by atoms with Crippen LogP contribution in [0.15, 0.2) is 27.5 Å². The van der Waals surface area contributed by atoms with Crippen LogP contribution in [-0.4, -0.2) is 12.0 Å². The number of thiophene rings is 1. The third kappa shape index (κ3) is 3.12. The highest BCUT2D eigenvalue weighted by Gasteiger charge is 2.09. The second kappa shape index (κ2) is 5.25. The number of nitrogens with two attached hydrogens (primary N) is 1. The van der Waals surface area contributed by atoms with E-state index in [9.17, 15) is 0 Å². The van der Waals surface area contributed by atoms with E-state index in [1.54, 1.807) is 23.6 Å². The van der Waals surface area contributed by atoms with E-state index in [-0.39, 0.29) is 0 Å². The summed E-state index contributed by atoms with van der Waals surface area (Å²) in [4.78, 5) is 6.24. The van der Waals surface area contributed by atoms with Gasteiger partial charge >= 0.3 is 0 Å². The Kier molecular flexibility index (Phi) is 3.91. The average Bonchev–Trinajstić information content (AvgIpc) is 2.63. The number of pyridine rings is 1. The maximum Gasteiger partial charge on any atom is 0.147 e. The quantitative estimate of drug-likeness (QED) is 0.930. The fourth-order valence-corrected chi connectivity index (χ4v) is 3.02. The second-order valence-corrected chi connectivity index (χ2v) is 6.39. The van der Waals surface area contributed by atoms with Gasteiger partial charge in [-0.3, -0.25) is 0 Å². The fraction of sp³-hybridized carbons (Fsp3) is 0.182. The molecule has 0 bridgehead atoms. The van der Waals surface area contributed by atoms with Crippen LogP contribution in [0, 0.1) is 0 Å². The molecule has 0 aromatic carbocycles. The second-order valence-electron chi connectivity index (χ2n) is 3.69. The van der Waals surface area contributed by atoms with Gasteiger partial charge in [0.25, 0.3) is 0 Å². The highest BCUT2D eigenvalue weighted by molar-refractivity contribution is 9.11. The van der Waals surface area contributed by atoms with Crippen molar-refractivity contribution in [3.8, 4) is 0 Å². The van der Waals surface area contributed by atoms with Gasteiger partial charge in [-0.05, 0) is 39.0 Å². The number of hydrogen-bond donors (Lipinski definition) is 1. The van der Waals surface area contributed by atoms with Crippen molar-refractivity contribution in [2.75, 3.05) is 17.7 Å². The Balaban J connectivity index is 2.17. The zero-order valence-electron chi connectivity index (χ0n) is 9.15. The summed E-state index contributed by atoms with van der Waals surface area (Å²) >= 11 is 11.2. The van der Waals surface area contributed by atoms with Gasteiger partial charge in [-0.25, -0.2) is 4.98 Å². The summed E-state index contributed by atoms with van der Waals surface area (Å²) in [5.74, 6) is 0.739. The van der Waals surface area contributed by atoms with Crippen LogP contribution in [0.5, 0.6) is 0 Å². The maximum atomic E-state index is 6.10. The molecule has 0 saturated heterocycles. The standard InChI is InChI=1S/C11H11BrClN3S/c1-16(5-7-2-10(12)17-6-7)11-9(13)3-8(14)4-15-11/h2-4,6H,5,14H2,1H3. The van der Waals surface area contributed by atoms with Crippen LogP contribution in [0.25, 0.3) is 0 Å². The van der Waals surface area contributed by atoms with Crippen LogP contribution in [0.2, 0.25) is 5.02 Å². The Labute approximate surface area is 117 Å². The SMILES string of the molecule is CN(Cc1csc(Br)c1)c1ncc(N)cc1Cl. The molecule has 2 rings (SSSR count). The first-order valence-corrected chi connectivity index (χ1v) is 6.96. The monoisotopic (exact) mass is 331 g/mol. The van der Waals surface area contributed by atoms with Crippen molar-refractivity contribution < 1.29 is 0 Å². The molecule has 0 amide bonds. The zero-order valence-corrected chi connectivity index (χ0v) is 12.3. The first-order valence-electron chi connectivity index (χ1n) is 4.91. The fourth-order valence-electron chi connectivity index (χ4n) is 1.50. The summed E-state index contributed by atoms with van der Waals surface area (Å²) in [5.41, 5.74) is 7.41. The lowest BCUT2D eigenvalue weighted by Gasteiger charge is -2.18. The van der Waals surface area contributed by atoms with Crippen molar-refractivity contribution in [1.29, 1.82) is 0 Å². The van der Waals surface area contributed by atoms with Crippen LogP contribution >= 0.6 is 38.9 Å². The summed E-state index contributed by atoms with van der Waals surface area (Å²) in [6.07, 6.45) is 1.61. The summed E-state index contributed by atoms with van der Waals surface area (Å²) < 4.78 is 1.12. The molecule has 0 radical (unpaired) electrons. The Morgan fingerprint density at radius 1 is 1.53 bits per heavy atom. The molecule has 0 atom stereocenters. The molecule has 0 unspecified atom stereocenters. The molecule has 0 aliphatic carbocycles. The Hall–Kier alpha value is -0.780. The summed E-state index contributed by atoms with van der Waals surface area (Å²) in [7, 11) is 1.95. The van der Waals surface area contributed by atoms with Crippen LogP contribution in [0.4, 0.5) is 11.5 Å². The molecular weight excluding hydrogens is 322 g/mol. The smallest absolute Gasteiger partial charge is 0.147 e. The molecule has 17 heavy (non-hydrogen) atoms. The molecule has 2 N–H and O–H groups in total. The maximum absolute atomic E-state index is 6.10. The normalized spacial score (nSPS) is 10.5. The molecule has 2 heterocycles. The predicted octanol–water partition coefficient (Wildman–Crippen LogP) is 3.78. The molecule has 6 heteroatoms. The molecule has 2 aromatic heterocycles. The van der Waals surface area contributed by atoms with Gasteiger partial charge in [-0.1, -0.05) is 11.6 Å². The molecule has 0 spiro atoms. The van der Waals surface area contributed by atoms with E-state index in [1.807, 2.05) is 11.9 Å². The van der Waals surface area contributed by atoms with Crippen molar-refractivity contribution in [3.63, 3.8) is 0 Å². The molecule has 0 aliphatic heterocycles. The topological polar surface area (TPSA) is 42.2 Å². The van der Waals surface area contributed by atoms with Gasteiger partial charge in [0.2, 0.25) is 0 Å². The molecule has 0 saturated carbocycles. The van der Waals surface area contributed by atoms with Crippen molar-refractivity contribution in [2.24, 2.45) is 0 Å². The number of nitrogens with zero attached hydrogens (tertiary/aromatic N) is 2. The lowest BCUT2D eigenvalue weighted by atomic mass is 10.3. The Morgan fingerprint density at radius 2 is 2.29 bits per heavy atom. The third-order valence-electron chi connectivity index (χ3n) is 2.25. The predicted molar refractivity (Wildman–Crippen MR) is 77.8 cm³/mol. The highest BCUT2D eigenvalue weighted by Crippen LogP contribution is 2.27. The minimum Gasteiger partial charge on any atom is -0.397 e. The van der Waals surface area contributed by atoms with E-state index in [2.05, 4.69) is 32.4 Å². The Bertz CT molecular complexity index is 529. The van der Waals surface area contributed by atoms with E-state index < -0.39 is 0 Å². The first-order chi connectivity index (χ1) is 8.06. The molecule has 90 valence electrons. The zero-order chi connectivity index (χ0) is 12.4. The summed E-state index contributed by atoms with van der Waals surface area (Å²) in [6.45, 7) is 0.763. The van der Waals surface area contributed by atoms with Crippen LogP contribution in [0.1, 0.15) is 5.56 Å². The minimum atomic E-state index is 0.571. The Morgan fingerprint density at radius 3 is 2.88 bits per heavy atom. The largest absolute Gasteiger partial charge is 0.397 e. The number of hydrogen-bond acceptors (Lipinski definition) is 4. The molecular formula is C11H11BrClN3S. The van der Waals surface area contributed by atoms with Gasteiger partial charge in [0, 0.05) is 13.6 Å². The van der Waals surface area contributed by atoms with Crippen LogP contribution < -0.4 is 10.6 Å². The van der Waals surface area contributed by atoms with E-state index in [1.165, 1.54) is 5.56 Å². The van der Waals surface area contributed by atoms with Gasteiger partial charge in [0.15, 0.2) is 0 Å². The van der Waals surface area contributed by atoms with Crippen LogP contribution in [-0.2, 0) is 6.54 Å². The number of rotatable bonds is 3. The first kappa shape index (κ1) is 12.7. The highest BCUT2D eigenvalue weighted by atomic mass is 79.9. The van der Waals surface area contributed by atoms with Gasteiger partial charge in [-0.2, -0.15) is 0 Å². The molecule has 0 aliphatic rings. The van der Waals surface area contributed by atoms with Gasteiger partial charge in [0.05, 0.1) is 20.7 Å². The van der Waals surface area contributed by atoms with Gasteiger partial charge in [0.1, 0.15) is 5.82 Å². The van der Waals surface area contributed by atoms with Gasteiger partial charge < -0.3 is 10.6 Å². The lowest BCUT2D eigenvalue weighted by molar-refractivity contribution is 0.902. The van der Waals surface area contributed by atoms with Crippen LogP contribution in [0.3, 0.4) is 0 Å². The summed E-state index contributed by atoms with van der Waals surface area (Å²) in [6, 6.07) is 3.80. The van der Waals surface area contributed by atoms with E-state index >= 15 is 0 Å². The average molecular weight is 333 g/mol. The van der Waals surface area contributed by atoms with Crippen molar-refractivity contribution in [2.45, 2.75) is 6.54 Å². The van der Waals surface area contributed by atoms with E-state index in [0.29, 0.717) is 10.7 Å². The number of nitrogen functional groups attached to an aromatic ring is 1. The molecule has 3 nitrogen and oxygen atoms in total. The van der Waals surface area contributed by atoms with E-state index in [4.69, 9.17) is 17.3 Å². The van der Waals surface area contributed by atoms with Crippen molar-refractivity contribution in [3.05, 3.63) is 38.1 Å². The third-order valence-corrected chi connectivity index (χ3v) is 4.08. The number of anilines is 2. The molecule has 0 fully saturated rings. The minimum absolute atomic E-state index is 0.571. The van der Waals surface area contributed by atoms with Crippen molar-refractivity contribution in [1.82, 2.24) is 4.98 Å². The lowest BCUT2D eigenvalue weighted by Crippen LogP contribution is -2.17. The number of halogens is 2. The van der Waals surface area contributed by atoms with Gasteiger partial charge in [-0.15, -0.1) is 11.3 Å². The summed E-state index contributed by atoms with van der Waals surface area (Å²) in [5, 5.41) is 2.67. The van der Waals surface area contributed by atoms with E-state index in [0.717, 1.165) is 16.1 Å². The number of aromatic nitrogens is 1. The molecule has 2 aromatic rings. The van der Waals surface area contributed by atoms with Crippen molar-refractivity contribution >= 4 is 50.4 Å².